The van der Waals surface area contributed by atoms with E-state index < -0.39 is 0 Å². The number of rotatable bonds is 4. The second-order valence-corrected chi connectivity index (χ2v) is 5.45. The number of nitrogens with one attached hydrogen (secondary N) is 2. The summed E-state index contributed by atoms with van der Waals surface area (Å²) >= 11 is 0. The van der Waals surface area contributed by atoms with E-state index >= 15 is 0 Å². The lowest BCUT2D eigenvalue weighted by molar-refractivity contribution is 0.501. The molecule has 0 radical (unpaired) electrons. The molecular formula is C17H22IN3O. The largest absolute Gasteiger partial charge is 0.467 e. The SMILES string of the molecule is CN=C(NCc1ccco1)NC1CC1c1ccccc1C.I. The van der Waals surface area contributed by atoms with Crippen LogP contribution in [0.3, 0.4) is 0 Å². The number of hydrogen-bond donors (Lipinski definition) is 2. The van der Waals surface area contributed by atoms with Crippen molar-refractivity contribution in [1.82, 2.24) is 10.6 Å². The maximum atomic E-state index is 5.31. The van der Waals surface area contributed by atoms with Crippen LogP contribution < -0.4 is 10.6 Å². The van der Waals surface area contributed by atoms with Gasteiger partial charge >= 0.3 is 0 Å². The average Bonchev–Trinajstić information content (AvgIpc) is 3.05. The van der Waals surface area contributed by atoms with Gasteiger partial charge in [0, 0.05) is 19.0 Å². The Morgan fingerprint density at radius 1 is 1.27 bits per heavy atom. The minimum atomic E-state index is 0. The smallest absolute Gasteiger partial charge is 0.191 e. The summed E-state index contributed by atoms with van der Waals surface area (Å²) in [5, 5.41) is 6.75. The number of aliphatic imine (C=N–C) groups is 1. The van der Waals surface area contributed by atoms with Crippen LogP contribution in [0.2, 0.25) is 0 Å². The molecule has 1 aliphatic rings. The molecule has 1 fully saturated rings. The van der Waals surface area contributed by atoms with Crippen LogP contribution in [0.1, 0.15) is 29.2 Å². The molecule has 0 aliphatic heterocycles. The van der Waals surface area contributed by atoms with Gasteiger partial charge in [0.25, 0.3) is 0 Å². The predicted octanol–water partition coefficient (Wildman–Crippen LogP) is 3.43. The standard InChI is InChI=1S/C17H21N3O.HI/c1-12-6-3-4-8-14(12)15-10-16(15)20-17(18-2)19-11-13-7-5-9-21-13;/h3-9,15-16H,10-11H2,1-2H3,(H2,18,19,20);1H. The van der Waals surface area contributed by atoms with Gasteiger partial charge in [-0.15, -0.1) is 24.0 Å². The molecule has 1 aliphatic carbocycles. The van der Waals surface area contributed by atoms with Crippen LogP contribution in [0.15, 0.2) is 52.1 Å². The molecule has 22 heavy (non-hydrogen) atoms. The number of aryl methyl sites for hydroxylation is 1. The van der Waals surface area contributed by atoms with Crippen molar-refractivity contribution in [3.05, 3.63) is 59.5 Å². The van der Waals surface area contributed by atoms with Crippen molar-refractivity contribution in [2.24, 2.45) is 4.99 Å². The van der Waals surface area contributed by atoms with E-state index in [9.17, 15) is 0 Å². The van der Waals surface area contributed by atoms with Crippen molar-refractivity contribution in [3.8, 4) is 0 Å². The molecule has 2 unspecified atom stereocenters. The molecule has 0 spiro atoms. The van der Waals surface area contributed by atoms with Gasteiger partial charge in [0.05, 0.1) is 12.8 Å². The molecule has 0 amide bonds. The van der Waals surface area contributed by atoms with E-state index in [1.807, 2.05) is 12.1 Å². The van der Waals surface area contributed by atoms with E-state index in [0.29, 0.717) is 18.5 Å². The maximum Gasteiger partial charge on any atom is 0.191 e. The van der Waals surface area contributed by atoms with Crippen molar-refractivity contribution in [1.29, 1.82) is 0 Å². The van der Waals surface area contributed by atoms with Gasteiger partial charge in [-0.1, -0.05) is 24.3 Å². The second-order valence-electron chi connectivity index (χ2n) is 5.45. The predicted molar refractivity (Wildman–Crippen MR) is 99.8 cm³/mol. The Kier molecular flexibility index (Phi) is 5.88. The minimum absolute atomic E-state index is 0. The van der Waals surface area contributed by atoms with Gasteiger partial charge in [0.15, 0.2) is 5.96 Å². The Morgan fingerprint density at radius 2 is 2.09 bits per heavy atom. The van der Waals surface area contributed by atoms with Gasteiger partial charge in [0.1, 0.15) is 5.76 Å². The van der Waals surface area contributed by atoms with E-state index in [1.165, 1.54) is 11.1 Å². The van der Waals surface area contributed by atoms with Gasteiger partial charge in [-0.3, -0.25) is 4.99 Å². The summed E-state index contributed by atoms with van der Waals surface area (Å²) in [5.41, 5.74) is 2.81. The third kappa shape index (κ3) is 4.03. The lowest BCUT2D eigenvalue weighted by atomic mass is 10.0. The fourth-order valence-corrected chi connectivity index (χ4v) is 2.66. The van der Waals surface area contributed by atoms with Gasteiger partial charge in [-0.25, -0.2) is 0 Å². The molecule has 0 bridgehead atoms. The van der Waals surface area contributed by atoms with Crippen LogP contribution >= 0.6 is 24.0 Å². The third-order valence-electron chi connectivity index (χ3n) is 3.93. The lowest BCUT2D eigenvalue weighted by Gasteiger charge is -2.11. The van der Waals surface area contributed by atoms with Crippen LogP contribution in [0, 0.1) is 6.92 Å². The first-order chi connectivity index (χ1) is 10.3. The number of nitrogens with zero attached hydrogens (tertiary/aromatic N) is 1. The zero-order valence-corrected chi connectivity index (χ0v) is 15.2. The van der Waals surface area contributed by atoms with Crippen molar-refractivity contribution < 1.29 is 4.42 Å². The number of hydrogen-bond acceptors (Lipinski definition) is 2. The van der Waals surface area contributed by atoms with Crippen molar-refractivity contribution in [2.75, 3.05) is 7.05 Å². The molecule has 2 atom stereocenters. The topological polar surface area (TPSA) is 49.6 Å². The molecule has 1 aromatic heterocycles. The Balaban J connectivity index is 0.00000176. The number of furan rings is 1. The minimum Gasteiger partial charge on any atom is -0.467 e. The fourth-order valence-electron chi connectivity index (χ4n) is 2.66. The number of benzene rings is 1. The van der Waals surface area contributed by atoms with Gasteiger partial charge in [-0.2, -0.15) is 0 Å². The summed E-state index contributed by atoms with van der Waals surface area (Å²) in [7, 11) is 1.79. The van der Waals surface area contributed by atoms with Crippen LogP contribution in [0.25, 0.3) is 0 Å². The van der Waals surface area contributed by atoms with Crippen LogP contribution in [-0.4, -0.2) is 19.0 Å². The Hall–Kier alpha value is -1.50. The summed E-state index contributed by atoms with van der Waals surface area (Å²) in [5.74, 6) is 2.32. The summed E-state index contributed by atoms with van der Waals surface area (Å²) in [6.07, 6.45) is 2.84. The first-order valence-corrected chi connectivity index (χ1v) is 7.33. The van der Waals surface area contributed by atoms with Crippen molar-refractivity contribution >= 4 is 29.9 Å². The lowest BCUT2D eigenvalue weighted by Crippen LogP contribution is -2.38. The van der Waals surface area contributed by atoms with E-state index in [4.69, 9.17) is 4.42 Å². The van der Waals surface area contributed by atoms with Crippen LogP contribution in [-0.2, 0) is 6.54 Å². The van der Waals surface area contributed by atoms with Crippen molar-refractivity contribution in [3.63, 3.8) is 0 Å². The normalized spacial score (nSPS) is 20.2. The molecule has 3 rings (SSSR count). The zero-order valence-electron chi connectivity index (χ0n) is 12.9. The highest BCUT2D eigenvalue weighted by atomic mass is 127. The summed E-state index contributed by atoms with van der Waals surface area (Å²) in [6.45, 7) is 2.82. The van der Waals surface area contributed by atoms with Gasteiger partial charge < -0.3 is 15.1 Å². The Bertz CT molecular complexity index is 625. The third-order valence-corrected chi connectivity index (χ3v) is 3.93. The fraction of sp³-hybridized carbons (Fsp3) is 0.353. The van der Waals surface area contributed by atoms with Crippen molar-refractivity contribution in [2.45, 2.75) is 31.8 Å². The van der Waals surface area contributed by atoms with Crippen LogP contribution in [0.4, 0.5) is 0 Å². The first-order valence-electron chi connectivity index (χ1n) is 7.33. The highest BCUT2D eigenvalue weighted by Gasteiger charge is 2.39. The maximum absolute atomic E-state index is 5.31. The molecule has 1 saturated carbocycles. The summed E-state index contributed by atoms with van der Waals surface area (Å²) in [6, 6.07) is 12.9. The average molecular weight is 411 g/mol. The van der Waals surface area contributed by atoms with E-state index in [0.717, 1.165) is 18.1 Å². The Morgan fingerprint density at radius 3 is 2.77 bits per heavy atom. The highest BCUT2D eigenvalue weighted by Crippen LogP contribution is 2.41. The Labute approximate surface area is 148 Å². The number of halogens is 1. The first kappa shape index (κ1) is 16.9. The summed E-state index contributed by atoms with van der Waals surface area (Å²) in [4.78, 5) is 4.27. The molecule has 5 heteroatoms. The molecular weight excluding hydrogens is 389 g/mol. The van der Waals surface area contributed by atoms with E-state index in [1.54, 1.807) is 13.3 Å². The monoisotopic (exact) mass is 411 g/mol. The molecule has 0 saturated heterocycles. The molecule has 1 aromatic carbocycles. The molecule has 1 heterocycles. The quantitative estimate of drug-likeness (QED) is 0.461. The van der Waals surface area contributed by atoms with Gasteiger partial charge in [-0.05, 0) is 36.6 Å². The number of guanidine groups is 1. The zero-order chi connectivity index (χ0) is 14.7. The van der Waals surface area contributed by atoms with Gasteiger partial charge in [0.2, 0.25) is 0 Å². The highest BCUT2D eigenvalue weighted by molar-refractivity contribution is 14.0. The molecule has 118 valence electrons. The molecule has 4 nitrogen and oxygen atoms in total. The van der Waals surface area contributed by atoms with Crippen LogP contribution in [0.5, 0.6) is 0 Å². The second kappa shape index (κ2) is 7.67. The van der Waals surface area contributed by atoms with E-state index in [-0.39, 0.29) is 24.0 Å². The summed E-state index contributed by atoms with van der Waals surface area (Å²) < 4.78 is 5.31. The molecule has 2 N–H and O–H groups in total. The van der Waals surface area contributed by atoms with E-state index in [2.05, 4.69) is 46.8 Å². The molecule has 2 aromatic rings.